The first kappa shape index (κ1) is 9.37. The number of hydrogen-bond acceptors (Lipinski definition) is 2. The average molecular weight is 142 g/mol. The van der Waals surface area contributed by atoms with Gasteiger partial charge in [-0.15, -0.1) is 0 Å². The van der Waals surface area contributed by atoms with Gasteiger partial charge in [-0.1, -0.05) is 12.2 Å². The Bertz CT molecular complexity index is 138. The van der Waals surface area contributed by atoms with Crippen molar-refractivity contribution in [3.63, 3.8) is 0 Å². The maximum atomic E-state index is 11.0. The Balaban J connectivity index is 3.73. The van der Waals surface area contributed by atoms with Gasteiger partial charge in [0.2, 0.25) is 0 Å². The first-order valence-corrected chi connectivity index (χ1v) is 3.27. The summed E-state index contributed by atoms with van der Waals surface area (Å²) in [5.74, 6) is 0.0926. The summed E-state index contributed by atoms with van der Waals surface area (Å²) in [5.41, 5.74) is 0.883. The minimum Gasteiger partial charge on any atom is -0.374 e. The van der Waals surface area contributed by atoms with Gasteiger partial charge >= 0.3 is 0 Å². The van der Waals surface area contributed by atoms with Gasteiger partial charge in [-0.2, -0.15) is 0 Å². The second-order valence-corrected chi connectivity index (χ2v) is 2.48. The summed E-state index contributed by atoms with van der Waals surface area (Å²) in [7, 11) is 1.53. The van der Waals surface area contributed by atoms with Crippen LogP contribution in [0.4, 0.5) is 0 Å². The number of hydrogen-bond donors (Lipinski definition) is 0. The van der Waals surface area contributed by atoms with Gasteiger partial charge in [0.25, 0.3) is 0 Å². The number of ether oxygens (including phenoxy) is 1. The molecule has 10 heavy (non-hydrogen) atoms. The predicted octanol–water partition coefficient (Wildman–Crippen LogP) is 1.56. The zero-order chi connectivity index (χ0) is 8.15. The lowest BCUT2D eigenvalue weighted by molar-refractivity contribution is -0.127. The number of ketones is 1. The van der Waals surface area contributed by atoms with E-state index in [0.717, 1.165) is 5.57 Å². The van der Waals surface area contributed by atoms with E-state index in [2.05, 4.69) is 6.58 Å². The smallest absolute Gasteiger partial charge is 0.165 e. The molecular formula is C8H14O2. The molecule has 0 rings (SSSR count). The highest BCUT2D eigenvalue weighted by molar-refractivity contribution is 5.84. The van der Waals surface area contributed by atoms with E-state index in [4.69, 9.17) is 4.74 Å². The molecule has 0 radical (unpaired) electrons. The van der Waals surface area contributed by atoms with Crippen LogP contribution in [0.3, 0.4) is 0 Å². The van der Waals surface area contributed by atoms with Crippen LogP contribution >= 0.6 is 0 Å². The number of carbonyl (C=O) groups excluding carboxylic acids is 1. The molecule has 0 aromatic carbocycles. The van der Waals surface area contributed by atoms with Crippen molar-refractivity contribution >= 4 is 5.78 Å². The largest absolute Gasteiger partial charge is 0.374 e. The molecule has 1 atom stereocenters. The normalized spacial score (nSPS) is 12.7. The van der Waals surface area contributed by atoms with Gasteiger partial charge in [0.15, 0.2) is 5.78 Å². The first-order valence-electron chi connectivity index (χ1n) is 3.27. The predicted molar refractivity (Wildman–Crippen MR) is 40.9 cm³/mol. The maximum Gasteiger partial charge on any atom is 0.165 e. The lowest BCUT2D eigenvalue weighted by atomic mass is 10.1. The molecule has 0 aromatic rings. The van der Waals surface area contributed by atoms with Crippen LogP contribution in [0.1, 0.15) is 20.3 Å². The quantitative estimate of drug-likeness (QED) is 0.557. The number of carbonyl (C=O) groups is 1. The van der Waals surface area contributed by atoms with Crippen molar-refractivity contribution < 1.29 is 9.53 Å². The molecule has 0 saturated heterocycles. The van der Waals surface area contributed by atoms with Crippen LogP contribution in [0.25, 0.3) is 0 Å². The molecule has 2 heteroatoms. The van der Waals surface area contributed by atoms with E-state index in [1.807, 2.05) is 6.92 Å². The fourth-order valence-corrected chi connectivity index (χ4v) is 0.573. The van der Waals surface area contributed by atoms with Gasteiger partial charge in [0.05, 0.1) is 0 Å². The number of rotatable bonds is 4. The molecule has 0 aromatic heterocycles. The average Bonchev–Trinajstić information content (AvgIpc) is 1.85. The molecule has 0 heterocycles. The number of methoxy groups -OCH3 is 1. The van der Waals surface area contributed by atoms with Crippen LogP contribution in [0, 0.1) is 0 Å². The zero-order valence-electron chi connectivity index (χ0n) is 6.81. The minimum absolute atomic E-state index is 0.0926. The fraction of sp³-hybridized carbons (Fsp3) is 0.625. The van der Waals surface area contributed by atoms with E-state index < -0.39 is 0 Å². The summed E-state index contributed by atoms with van der Waals surface area (Å²) in [5, 5.41) is 0. The summed E-state index contributed by atoms with van der Waals surface area (Å²) in [4.78, 5) is 11.0. The van der Waals surface area contributed by atoms with Crippen LogP contribution in [0.15, 0.2) is 12.2 Å². The van der Waals surface area contributed by atoms with Crippen LogP contribution in [-0.4, -0.2) is 19.0 Å². The minimum atomic E-state index is -0.295. The highest BCUT2D eigenvalue weighted by Gasteiger charge is 2.10. The molecule has 58 valence electrons. The molecule has 0 aliphatic rings. The van der Waals surface area contributed by atoms with E-state index in [-0.39, 0.29) is 11.9 Å². The Morgan fingerprint density at radius 2 is 2.20 bits per heavy atom. The molecular weight excluding hydrogens is 128 g/mol. The summed E-state index contributed by atoms with van der Waals surface area (Å²) < 4.78 is 4.82. The van der Waals surface area contributed by atoms with Gasteiger partial charge in [-0.3, -0.25) is 4.79 Å². The van der Waals surface area contributed by atoms with Crippen molar-refractivity contribution in [2.24, 2.45) is 0 Å². The van der Waals surface area contributed by atoms with Crippen LogP contribution in [-0.2, 0) is 9.53 Å². The van der Waals surface area contributed by atoms with Crippen molar-refractivity contribution in [2.45, 2.75) is 26.4 Å². The standard InChI is InChI=1S/C8H14O2/c1-6(2)5-8(9)7(3)10-4/h7H,1,5H2,2-4H3. The first-order chi connectivity index (χ1) is 4.57. The molecule has 0 aliphatic carbocycles. The van der Waals surface area contributed by atoms with Crippen molar-refractivity contribution in [1.82, 2.24) is 0 Å². The lowest BCUT2D eigenvalue weighted by Gasteiger charge is -2.06. The maximum absolute atomic E-state index is 11.0. The highest BCUT2D eigenvalue weighted by Crippen LogP contribution is 2.01. The zero-order valence-corrected chi connectivity index (χ0v) is 6.81. The van der Waals surface area contributed by atoms with Gasteiger partial charge in [-0.25, -0.2) is 0 Å². The fourth-order valence-electron chi connectivity index (χ4n) is 0.573. The third-order valence-corrected chi connectivity index (χ3v) is 1.28. The van der Waals surface area contributed by atoms with Gasteiger partial charge in [-0.05, 0) is 13.8 Å². The highest BCUT2D eigenvalue weighted by atomic mass is 16.5. The van der Waals surface area contributed by atoms with Gasteiger partial charge in [0.1, 0.15) is 6.10 Å². The number of Topliss-reactive ketones (excluding diaryl/α,β-unsaturated/α-hetero) is 1. The van der Waals surface area contributed by atoms with E-state index in [1.165, 1.54) is 7.11 Å². The van der Waals surface area contributed by atoms with E-state index in [0.29, 0.717) is 6.42 Å². The van der Waals surface area contributed by atoms with Crippen LogP contribution in [0.5, 0.6) is 0 Å². The topological polar surface area (TPSA) is 26.3 Å². The third kappa shape index (κ3) is 3.41. The molecule has 0 fully saturated rings. The molecule has 1 unspecified atom stereocenters. The molecule has 0 amide bonds. The Morgan fingerprint density at radius 3 is 2.50 bits per heavy atom. The molecule has 0 saturated carbocycles. The number of allylic oxidation sites excluding steroid dienone is 1. The van der Waals surface area contributed by atoms with E-state index in [1.54, 1.807) is 6.92 Å². The third-order valence-electron chi connectivity index (χ3n) is 1.28. The van der Waals surface area contributed by atoms with Crippen molar-refractivity contribution in [3.05, 3.63) is 12.2 Å². The summed E-state index contributed by atoms with van der Waals surface area (Å²) >= 11 is 0. The van der Waals surface area contributed by atoms with Gasteiger partial charge < -0.3 is 4.74 Å². The Kier molecular flexibility index (Phi) is 3.96. The van der Waals surface area contributed by atoms with Crippen LogP contribution < -0.4 is 0 Å². The molecule has 0 aliphatic heterocycles. The Labute approximate surface area is 61.9 Å². The van der Waals surface area contributed by atoms with Gasteiger partial charge in [0, 0.05) is 13.5 Å². The second kappa shape index (κ2) is 4.23. The Hall–Kier alpha value is -0.630. The summed E-state index contributed by atoms with van der Waals surface area (Å²) in [6.07, 6.45) is 0.131. The van der Waals surface area contributed by atoms with E-state index >= 15 is 0 Å². The van der Waals surface area contributed by atoms with Crippen LogP contribution in [0.2, 0.25) is 0 Å². The lowest BCUT2D eigenvalue weighted by Crippen LogP contribution is -2.18. The Morgan fingerprint density at radius 1 is 1.70 bits per heavy atom. The second-order valence-electron chi connectivity index (χ2n) is 2.48. The monoisotopic (exact) mass is 142 g/mol. The molecule has 0 bridgehead atoms. The van der Waals surface area contributed by atoms with Crippen molar-refractivity contribution in [1.29, 1.82) is 0 Å². The van der Waals surface area contributed by atoms with E-state index in [9.17, 15) is 4.79 Å². The molecule has 0 spiro atoms. The van der Waals surface area contributed by atoms with Crippen molar-refractivity contribution in [3.8, 4) is 0 Å². The molecule has 2 nitrogen and oxygen atoms in total. The van der Waals surface area contributed by atoms with Crippen molar-refractivity contribution in [2.75, 3.05) is 7.11 Å². The summed E-state index contributed by atoms with van der Waals surface area (Å²) in [6.45, 7) is 7.21. The SMILES string of the molecule is C=C(C)CC(=O)C(C)OC. The molecule has 0 N–H and O–H groups in total. The summed E-state index contributed by atoms with van der Waals surface area (Å²) in [6, 6.07) is 0.